The van der Waals surface area contributed by atoms with Crippen molar-refractivity contribution in [1.82, 2.24) is 10.2 Å². The maximum absolute atomic E-state index is 14.1. The van der Waals surface area contributed by atoms with Crippen molar-refractivity contribution in [3.63, 3.8) is 0 Å². The van der Waals surface area contributed by atoms with Crippen LogP contribution in [0.1, 0.15) is 37.5 Å². The number of ether oxygens (including phenoxy) is 1. The number of nitrogens with one attached hydrogen (secondary N) is 1. The van der Waals surface area contributed by atoms with Crippen LogP contribution in [0.4, 0.5) is 5.69 Å². The summed E-state index contributed by atoms with van der Waals surface area (Å²) in [5.74, 6) is 0.0320. The van der Waals surface area contributed by atoms with Crippen molar-refractivity contribution in [3.8, 4) is 5.75 Å². The molecule has 0 saturated heterocycles. The summed E-state index contributed by atoms with van der Waals surface area (Å²) in [5, 5.41) is 2.89. The van der Waals surface area contributed by atoms with Gasteiger partial charge in [-0.3, -0.25) is 13.9 Å². The van der Waals surface area contributed by atoms with Gasteiger partial charge in [-0.25, -0.2) is 8.42 Å². The molecule has 0 saturated carbocycles. The highest BCUT2D eigenvalue weighted by atomic mass is 32.2. The van der Waals surface area contributed by atoms with Crippen LogP contribution in [-0.2, 0) is 26.2 Å². The van der Waals surface area contributed by atoms with Gasteiger partial charge in [-0.1, -0.05) is 56.3 Å². The van der Waals surface area contributed by atoms with Crippen molar-refractivity contribution in [3.05, 3.63) is 89.5 Å². The largest absolute Gasteiger partial charge is 0.497 e. The fraction of sp³-hybridized carbons (Fsp3) is 0.355. The van der Waals surface area contributed by atoms with E-state index in [0.717, 1.165) is 21.0 Å². The summed E-state index contributed by atoms with van der Waals surface area (Å²) in [4.78, 5) is 28.7. The monoisotopic (exact) mass is 565 g/mol. The normalized spacial score (nSPS) is 12.1. The van der Waals surface area contributed by atoms with Crippen LogP contribution in [0, 0.1) is 19.8 Å². The molecule has 0 unspecified atom stereocenters. The molecule has 40 heavy (non-hydrogen) atoms. The van der Waals surface area contributed by atoms with Gasteiger partial charge in [0.15, 0.2) is 0 Å². The van der Waals surface area contributed by atoms with Crippen LogP contribution in [-0.4, -0.2) is 51.4 Å². The molecule has 214 valence electrons. The second-order valence-corrected chi connectivity index (χ2v) is 12.1. The average molecular weight is 566 g/mol. The summed E-state index contributed by atoms with van der Waals surface area (Å²) < 4.78 is 34.4. The lowest BCUT2D eigenvalue weighted by Crippen LogP contribution is -2.51. The van der Waals surface area contributed by atoms with Crippen molar-refractivity contribution in [2.75, 3.05) is 24.5 Å². The second kappa shape index (κ2) is 13.5. The summed E-state index contributed by atoms with van der Waals surface area (Å²) in [6.45, 7) is 9.43. The third kappa shape index (κ3) is 7.41. The number of methoxy groups -OCH3 is 1. The first kappa shape index (κ1) is 30.7. The molecule has 0 aromatic heterocycles. The Balaban J connectivity index is 2.05. The number of benzene rings is 3. The number of amides is 2. The lowest BCUT2D eigenvalue weighted by molar-refractivity contribution is -0.139. The van der Waals surface area contributed by atoms with Gasteiger partial charge in [0.2, 0.25) is 11.8 Å². The Labute approximate surface area is 238 Å². The molecule has 0 aliphatic heterocycles. The molecule has 3 rings (SSSR count). The zero-order valence-electron chi connectivity index (χ0n) is 24.0. The van der Waals surface area contributed by atoms with Crippen LogP contribution in [0.15, 0.2) is 77.7 Å². The molecule has 2 amide bonds. The van der Waals surface area contributed by atoms with Gasteiger partial charge in [-0.05, 0) is 73.7 Å². The van der Waals surface area contributed by atoms with Gasteiger partial charge in [0.05, 0.1) is 17.7 Å². The Morgan fingerprint density at radius 1 is 0.925 bits per heavy atom. The van der Waals surface area contributed by atoms with E-state index in [1.807, 2.05) is 45.9 Å². The fourth-order valence-electron chi connectivity index (χ4n) is 4.24. The Bertz CT molecular complexity index is 1420. The molecule has 0 radical (unpaired) electrons. The second-order valence-electron chi connectivity index (χ2n) is 10.2. The molecule has 0 spiro atoms. The lowest BCUT2D eigenvalue weighted by Gasteiger charge is -2.32. The topological polar surface area (TPSA) is 96.0 Å². The molecule has 0 bridgehead atoms. The molecule has 3 aromatic carbocycles. The lowest BCUT2D eigenvalue weighted by atomic mass is 10.1. The molecule has 0 aliphatic rings. The van der Waals surface area contributed by atoms with Crippen molar-refractivity contribution >= 4 is 27.5 Å². The predicted molar refractivity (Wildman–Crippen MR) is 158 cm³/mol. The number of aryl methyl sites for hydroxylation is 1. The number of anilines is 1. The van der Waals surface area contributed by atoms with Crippen LogP contribution in [0.25, 0.3) is 0 Å². The van der Waals surface area contributed by atoms with Gasteiger partial charge < -0.3 is 15.0 Å². The fourth-order valence-corrected chi connectivity index (χ4v) is 5.73. The molecule has 1 N–H and O–H groups in total. The number of sulfonamides is 1. The quantitative estimate of drug-likeness (QED) is 0.344. The maximum Gasteiger partial charge on any atom is 0.264 e. The van der Waals surface area contributed by atoms with Gasteiger partial charge >= 0.3 is 0 Å². The Kier molecular flexibility index (Phi) is 10.3. The standard InChI is InChI=1S/C31H39N3O5S/c1-22(2)19-32-31(36)25(5)33(20-26-13-11-14-27(18-26)39-6)30(35)21-34(29-17-10-12-23(3)24(29)4)40(37,38)28-15-8-7-9-16-28/h7-18,22,25H,19-21H2,1-6H3,(H,32,36)/t25-/m0/s1. The van der Waals surface area contributed by atoms with Gasteiger partial charge in [-0.15, -0.1) is 0 Å². The number of rotatable bonds is 12. The van der Waals surface area contributed by atoms with Crippen LogP contribution in [0.5, 0.6) is 5.75 Å². The Hall–Kier alpha value is -3.85. The third-order valence-corrected chi connectivity index (χ3v) is 8.57. The molecule has 0 fully saturated rings. The van der Waals surface area contributed by atoms with E-state index in [1.54, 1.807) is 56.5 Å². The van der Waals surface area contributed by atoms with Crippen molar-refractivity contribution in [2.24, 2.45) is 5.92 Å². The Morgan fingerprint density at radius 2 is 1.60 bits per heavy atom. The highest BCUT2D eigenvalue weighted by Gasteiger charge is 2.33. The van der Waals surface area contributed by atoms with Gasteiger partial charge in [0, 0.05) is 13.1 Å². The number of nitrogens with zero attached hydrogens (tertiary/aromatic N) is 2. The van der Waals surface area contributed by atoms with Crippen LogP contribution < -0.4 is 14.4 Å². The molecule has 9 heteroatoms. The smallest absolute Gasteiger partial charge is 0.264 e. The van der Waals surface area contributed by atoms with E-state index in [0.29, 0.717) is 18.0 Å². The highest BCUT2D eigenvalue weighted by molar-refractivity contribution is 7.92. The number of carbonyl (C=O) groups is 2. The first-order valence-corrected chi connectivity index (χ1v) is 14.7. The average Bonchev–Trinajstić information content (AvgIpc) is 2.95. The minimum absolute atomic E-state index is 0.0748. The zero-order chi connectivity index (χ0) is 29.4. The van der Waals surface area contributed by atoms with E-state index in [4.69, 9.17) is 4.74 Å². The molecule has 1 atom stereocenters. The molecule has 0 aliphatic carbocycles. The first-order valence-electron chi connectivity index (χ1n) is 13.3. The van der Waals surface area contributed by atoms with Crippen molar-refractivity contribution in [1.29, 1.82) is 0 Å². The van der Waals surface area contributed by atoms with Crippen LogP contribution in [0.2, 0.25) is 0 Å². The number of hydrogen-bond donors (Lipinski definition) is 1. The van der Waals surface area contributed by atoms with Gasteiger partial charge in [-0.2, -0.15) is 0 Å². The molecule has 8 nitrogen and oxygen atoms in total. The predicted octanol–water partition coefficient (Wildman–Crippen LogP) is 4.70. The van der Waals surface area contributed by atoms with E-state index in [2.05, 4.69) is 5.32 Å². The van der Waals surface area contributed by atoms with Crippen molar-refractivity contribution in [2.45, 2.75) is 52.1 Å². The summed E-state index contributed by atoms with van der Waals surface area (Å²) in [7, 11) is -2.55. The first-order chi connectivity index (χ1) is 18.9. The summed E-state index contributed by atoms with van der Waals surface area (Å²) in [6, 6.07) is 19.8. The SMILES string of the molecule is COc1cccc(CN(C(=O)CN(c2cccc(C)c2C)S(=O)(=O)c2ccccc2)[C@@H](C)C(=O)NCC(C)C)c1. The molecular formula is C31H39N3O5S. The van der Waals surface area contributed by atoms with Gasteiger partial charge in [0.1, 0.15) is 18.3 Å². The van der Waals surface area contributed by atoms with Gasteiger partial charge in [0.25, 0.3) is 10.0 Å². The van der Waals surface area contributed by atoms with Crippen LogP contribution >= 0.6 is 0 Å². The summed E-state index contributed by atoms with van der Waals surface area (Å²) in [5.41, 5.74) is 2.81. The van der Waals surface area contributed by atoms with Crippen LogP contribution in [0.3, 0.4) is 0 Å². The van der Waals surface area contributed by atoms with E-state index in [-0.39, 0.29) is 23.3 Å². The summed E-state index contributed by atoms with van der Waals surface area (Å²) >= 11 is 0. The molecule has 3 aromatic rings. The zero-order valence-corrected chi connectivity index (χ0v) is 24.9. The van der Waals surface area contributed by atoms with E-state index in [9.17, 15) is 18.0 Å². The van der Waals surface area contributed by atoms with E-state index >= 15 is 0 Å². The maximum atomic E-state index is 14.1. The third-order valence-electron chi connectivity index (χ3n) is 6.79. The van der Waals surface area contributed by atoms with Crippen molar-refractivity contribution < 1.29 is 22.7 Å². The molecular weight excluding hydrogens is 526 g/mol. The Morgan fingerprint density at radius 3 is 2.25 bits per heavy atom. The molecule has 0 heterocycles. The number of carbonyl (C=O) groups excluding carboxylic acids is 2. The summed E-state index contributed by atoms with van der Waals surface area (Å²) in [6.07, 6.45) is 0. The van der Waals surface area contributed by atoms with E-state index < -0.39 is 28.5 Å². The minimum Gasteiger partial charge on any atom is -0.497 e. The minimum atomic E-state index is -4.11. The highest BCUT2D eigenvalue weighted by Crippen LogP contribution is 2.29. The number of hydrogen-bond acceptors (Lipinski definition) is 5. The van der Waals surface area contributed by atoms with E-state index in [1.165, 1.54) is 17.0 Å².